The molecule has 0 aromatic heterocycles. The summed E-state index contributed by atoms with van der Waals surface area (Å²) in [4.78, 5) is 40.0. The van der Waals surface area contributed by atoms with Crippen molar-refractivity contribution in [2.24, 2.45) is 11.8 Å². The molecule has 1 aliphatic carbocycles. The summed E-state index contributed by atoms with van der Waals surface area (Å²) >= 11 is 1.62. The standard InChI is InChI=1S/C21H28N2O3S/c1-14-7-9-15(10-8-14)13-22-19(24)18(11-12-27-2)23-20(25)16-5-3-4-6-17(16)21(23)26/h7-10,16-18H,3-6,11-13H2,1-2H3,(H,22,24)/t16-,17-,18+/m0/s1. The van der Waals surface area contributed by atoms with E-state index in [0.717, 1.165) is 37.0 Å². The Balaban J connectivity index is 1.72. The summed E-state index contributed by atoms with van der Waals surface area (Å²) < 4.78 is 0. The second-order valence-electron chi connectivity index (χ2n) is 7.54. The van der Waals surface area contributed by atoms with Crippen LogP contribution in [0.1, 0.15) is 43.2 Å². The summed E-state index contributed by atoms with van der Waals surface area (Å²) in [6.45, 7) is 2.42. The fraction of sp³-hybridized carbons (Fsp3) is 0.571. The predicted octanol–water partition coefficient (Wildman–Crippen LogP) is 2.91. The van der Waals surface area contributed by atoms with E-state index in [1.54, 1.807) is 11.8 Å². The van der Waals surface area contributed by atoms with Crippen LogP contribution >= 0.6 is 11.8 Å². The Morgan fingerprint density at radius 1 is 1.15 bits per heavy atom. The first-order valence-corrected chi connectivity index (χ1v) is 11.1. The van der Waals surface area contributed by atoms with Gasteiger partial charge in [0.15, 0.2) is 0 Å². The lowest BCUT2D eigenvalue weighted by atomic mass is 9.81. The number of aryl methyl sites for hydroxylation is 1. The predicted molar refractivity (Wildman–Crippen MR) is 107 cm³/mol. The van der Waals surface area contributed by atoms with Gasteiger partial charge < -0.3 is 5.32 Å². The Bertz CT molecular complexity index is 680. The van der Waals surface area contributed by atoms with E-state index in [4.69, 9.17) is 0 Å². The molecule has 2 fully saturated rings. The summed E-state index contributed by atoms with van der Waals surface area (Å²) in [6.07, 6.45) is 5.98. The van der Waals surface area contributed by atoms with Crippen molar-refractivity contribution < 1.29 is 14.4 Å². The minimum absolute atomic E-state index is 0.138. The number of thioether (sulfide) groups is 1. The normalized spacial score (nSPS) is 23.3. The van der Waals surface area contributed by atoms with E-state index in [1.165, 1.54) is 10.5 Å². The highest BCUT2D eigenvalue weighted by Gasteiger charge is 2.51. The molecule has 2 aliphatic rings. The number of amides is 3. The molecule has 0 bridgehead atoms. The van der Waals surface area contributed by atoms with E-state index < -0.39 is 6.04 Å². The van der Waals surface area contributed by atoms with Gasteiger partial charge in [0.05, 0.1) is 11.8 Å². The van der Waals surface area contributed by atoms with Crippen molar-refractivity contribution in [1.82, 2.24) is 10.2 Å². The lowest BCUT2D eigenvalue weighted by Crippen LogP contribution is -2.50. The number of hydrogen-bond acceptors (Lipinski definition) is 4. The molecule has 1 aromatic rings. The van der Waals surface area contributed by atoms with Crippen LogP contribution in [0.15, 0.2) is 24.3 Å². The van der Waals surface area contributed by atoms with Crippen molar-refractivity contribution in [1.29, 1.82) is 0 Å². The van der Waals surface area contributed by atoms with E-state index in [-0.39, 0.29) is 29.6 Å². The molecule has 3 rings (SSSR count). The van der Waals surface area contributed by atoms with Gasteiger partial charge in [-0.1, -0.05) is 42.7 Å². The lowest BCUT2D eigenvalue weighted by molar-refractivity contribution is -0.148. The molecule has 1 saturated heterocycles. The zero-order chi connectivity index (χ0) is 19.4. The van der Waals surface area contributed by atoms with Crippen LogP contribution < -0.4 is 5.32 Å². The first-order chi connectivity index (χ1) is 13.0. The number of nitrogens with zero attached hydrogens (tertiary/aromatic N) is 1. The van der Waals surface area contributed by atoms with Gasteiger partial charge in [-0.15, -0.1) is 0 Å². The number of fused-ring (bicyclic) bond motifs is 1. The lowest BCUT2D eigenvalue weighted by Gasteiger charge is -2.26. The van der Waals surface area contributed by atoms with E-state index >= 15 is 0 Å². The Kier molecular flexibility index (Phi) is 6.58. The van der Waals surface area contributed by atoms with E-state index in [1.807, 2.05) is 37.4 Å². The molecular formula is C21H28N2O3S. The van der Waals surface area contributed by atoms with Gasteiger partial charge in [0.1, 0.15) is 6.04 Å². The Hall–Kier alpha value is -1.82. The van der Waals surface area contributed by atoms with Crippen LogP contribution in [-0.4, -0.2) is 40.7 Å². The summed E-state index contributed by atoms with van der Waals surface area (Å²) in [7, 11) is 0. The third kappa shape index (κ3) is 4.37. The van der Waals surface area contributed by atoms with Crippen LogP contribution in [0, 0.1) is 18.8 Å². The first-order valence-electron chi connectivity index (χ1n) is 9.72. The van der Waals surface area contributed by atoms with Gasteiger partial charge in [0, 0.05) is 6.54 Å². The first kappa shape index (κ1) is 19.9. The van der Waals surface area contributed by atoms with Crippen molar-refractivity contribution in [3.8, 4) is 0 Å². The molecular weight excluding hydrogens is 360 g/mol. The SMILES string of the molecule is CSCC[C@H](C(=O)NCc1ccc(C)cc1)N1C(=O)[C@H]2CCCC[C@@H]2C1=O. The fourth-order valence-corrected chi connectivity index (χ4v) is 4.57. The summed E-state index contributed by atoms with van der Waals surface area (Å²) in [5.74, 6) is -0.205. The number of likely N-dealkylation sites (tertiary alicyclic amines) is 1. The van der Waals surface area contributed by atoms with Gasteiger partial charge in [-0.25, -0.2) is 0 Å². The smallest absolute Gasteiger partial charge is 0.243 e. The largest absolute Gasteiger partial charge is 0.350 e. The highest BCUT2D eigenvalue weighted by atomic mass is 32.2. The number of carbonyl (C=O) groups is 3. The Labute approximate surface area is 165 Å². The highest BCUT2D eigenvalue weighted by Crippen LogP contribution is 2.39. The maximum Gasteiger partial charge on any atom is 0.243 e. The van der Waals surface area contributed by atoms with Crippen molar-refractivity contribution in [3.63, 3.8) is 0 Å². The molecule has 1 aliphatic heterocycles. The third-order valence-electron chi connectivity index (χ3n) is 5.67. The molecule has 6 heteroatoms. The Morgan fingerprint density at radius 3 is 2.30 bits per heavy atom. The van der Waals surface area contributed by atoms with Crippen molar-refractivity contribution >= 4 is 29.5 Å². The monoisotopic (exact) mass is 388 g/mol. The zero-order valence-electron chi connectivity index (χ0n) is 16.1. The van der Waals surface area contributed by atoms with Gasteiger partial charge in [0.25, 0.3) is 0 Å². The molecule has 1 aromatic carbocycles. The molecule has 0 unspecified atom stereocenters. The number of imide groups is 1. The quantitative estimate of drug-likeness (QED) is 0.730. The third-order valence-corrected chi connectivity index (χ3v) is 6.32. The van der Waals surface area contributed by atoms with Crippen molar-refractivity contribution in [3.05, 3.63) is 35.4 Å². The second-order valence-corrected chi connectivity index (χ2v) is 8.53. The highest BCUT2D eigenvalue weighted by molar-refractivity contribution is 7.98. The van der Waals surface area contributed by atoms with Crippen LogP contribution in [0.4, 0.5) is 0 Å². The number of rotatable bonds is 7. The topological polar surface area (TPSA) is 66.5 Å². The second kappa shape index (κ2) is 8.91. The van der Waals surface area contributed by atoms with Gasteiger partial charge in [-0.2, -0.15) is 11.8 Å². The van der Waals surface area contributed by atoms with Crippen molar-refractivity contribution in [2.45, 2.75) is 51.6 Å². The zero-order valence-corrected chi connectivity index (χ0v) is 16.9. The summed E-state index contributed by atoms with van der Waals surface area (Å²) in [5.41, 5.74) is 2.17. The van der Waals surface area contributed by atoms with E-state index in [0.29, 0.717) is 13.0 Å². The molecule has 1 heterocycles. The van der Waals surface area contributed by atoms with Crippen LogP contribution in [0.5, 0.6) is 0 Å². The van der Waals surface area contributed by atoms with Gasteiger partial charge in [-0.3, -0.25) is 19.3 Å². The minimum atomic E-state index is -0.700. The summed E-state index contributed by atoms with van der Waals surface area (Å²) in [6, 6.07) is 7.27. The van der Waals surface area contributed by atoms with E-state index in [9.17, 15) is 14.4 Å². The molecule has 3 atom stereocenters. The van der Waals surface area contributed by atoms with Gasteiger partial charge >= 0.3 is 0 Å². The molecule has 1 N–H and O–H groups in total. The van der Waals surface area contributed by atoms with Crippen LogP contribution in [0.2, 0.25) is 0 Å². The molecule has 1 saturated carbocycles. The number of hydrogen-bond donors (Lipinski definition) is 1. The maximum absolute atomic E-state index is 12.9. The maximum atomic E-state index is 12.9. The van der Waals surface area contributed by atoms with Crippen LogP contribution in [-0.2, 0) is 20.9 Å². The molecule has 3 amide bonds. The van der Waals surface area contributed by atoms with Gasteiger partial charge in [0.2, 0.25) is 17.7 Å². The molecule has 5 nitrogen and oxygen atoms in total. The molecule has 146 valence electrons. The van der Waals surface area contributed by atoms with Gasteiger partial charge in [-0.05, 0) is 43.8 Å². The number of benzene rings is 1. The number of carbonyl (C=O) groups excluding carboxylic acids is 3. The average molecular weight is 389 g/mol. The summed E-state index contributed by atoms with van der Waals surface area (Å²) in [5, 5.41) is 2.93. The molecule has 27 heavy (non-hydrogen) atoms. The minimum Gasteiger partial charge on any atom is -0.350 e. The van der Waals surface area contributed by atoms with E-state index in [2.05, 4.69) is 5.32 Å². The molecule has 0 radical (unpaired) electrons. The Morgan fingerprint density at radius 2 is 1.74 bits per heavy atom. The fourth-order valence-electron chi connectivity index (χ4n) is 4.11. The van der Waals surface area contributed by atoms with Crippen LogP contribution in [0.25, 0.3) is 0 Å². The number of nitrogens with one attached hydrogen (secondary N) is 1. The average Bonchev–Trinajstić information content (AvgIpc) is 2.93. The molecule has 0 spiro atoms. The van der Waals surface area contributed by atoms with Crippen LogP contribution in [0.3, 0.4) is 0 Å². The van der Waals surface area contributed by atoms with Crippen molar-refractivity contribution in [2.75, 3.05) is 12.0 Å².